The summed E-state index contributed by atoms with van der Waals surface area (Å²) in [5, 5.41) is 6.82. The molecule has 1 aliphatic rings. The van der Waals surface area contributed by atoms with E-state index in [2.05, 4.69) is 10.2 Å². The summed E-state index contributed by atoms with van der Waals surface area (Å²) in [6.07, 6.45) is 1.43. The fraction of sp³-hybridized carbons (Fsp3) is 0.348. The molecule has 0 N–H and O–H groups in total. The molecule has 0 fully saturated rings. The average Bonchev–Trinajstić information content (AvgIpc) is 3.38. The van der Waals surface area contributed by atoms with E-state index in [9.17, 15) is 13.2 Å². The first-order valence-electron chi connectivity index (χ1n) is 10.5. The lowest BCUT2D eigenvalue weighted by Crippen LogP contribution is -2.41. The van der Waals surface area contributed by atoms with Crippen LogP contribution >= 0.6 is 0 Å². The lowest BCUT2D eigenvalue weighted by atomic mass is 10.1. The molecule has 1 aliphatic heterocycles. The van der Waals surface area contributed by atoms with E-state index in [4.69, 9.17) is 0 Å². The maximum absolute atomic E-state index is 13.5. The summed E-state index contributed by atoms with van der Waals surface area (Å²) in [4.78, 5) is 14.8. The molecule has 1 amide bonds. The highest BCUT2D eigenvalue weighted by Gasteiger charge is 2.39. The zero-order valence-electron chi connectivity index (χ0n) is 17.9. The number of hydrogen-bond donors (Lipinski definition) is 0. The summed E-state index contributed by atoms with van der Waals surface area (Å²) in [6.45, 7) is 6.30. The first-order chi connectivity index (χ1) is 14.8. The van der Waals surface area contributed by atoms with Crippen LogP contribution in [0.4, 0.5) is 5.69 Å². The van der Waals surface area contributed by atoms with Gasteiger partial charge in [-0.05, 0) is 44.4 Å². The predicted molar refractivity (Wildman–Crippen MR) is 120 cm³/mol. The molecule has 0 bridgehead atoms. The quantitative estimate of drug-likeness (QED) is 0.589. The first kappa shape index (κ1) is 21.2. The summed E-state index contributed by atoms with van der Waals surface area (Å²) < 4.78 is 28.6. The van der Waals surface area contributed by atoms with Gasteiger partial charge in [0, 0.05) is 24.3 Å². The zero-order valence-corrected chi connectivity index (χ0v) is 18.8. The van der Waals surface area contributed by atoms with Gasteiger partial charge < -0.3 is 4.90 Å². The van der Waals surface area contributed by atoms with Gasteiger partial charge in [0.05, 0.1) is 0 Å². The van der Waals surface area contributed by atoms with Crippen molar-refractivity contribution in [2.45, 2.75) is 50.6 Å². The lowest BCUT2D eigenvalue weighted by Gasteiger charge is -2.21. The maximum Gasteiger partial charge on any atom is 0.250 e. The molecule has 0 saturated heterocycles. The molecule has 0 saturated carbocycles. The van der Waals surface area contributed by atoms with Gasteiger partial charge in [0.1, 0.15) is 5.25 Å². The zero-order chi connectivity index (χ0) is 22.2. The number of fused-ring (bicyclic) bond motifs is 1. The van der Waals surface area contributed by atoms with Gasteiger partial charge in [-0.15, -0.1) is 10.2 Å². The van der Waals surface area contributed by atoms with Crippen molar-refractivity contribution in [3.05, 3.63) is 59.7 Å². The predicted octanol–water partition coefficient (Wildman–Crippen LogP) is 3.42. The standard InChI is InChI=1S/C23H26N4O3S/c1-4-13-27-21(19-10-7-8-16(2)15-19)24-25-23(27)31(29,30)17(3)22(28)26-14-12-18-9-5-6-11-20(18)26/h5-11,15,17H,4,12-14H2,1-3H3/t17-/m1/s1. The Hall–Kier alpha value is -3.00. The largest absolute Gasteiger partial charge is 0.311 e. The lowest BCUT2D eigenvalue weighted by molar-refractivity contribution is -0.117. The second-order valence-electron chi connectivity index (χ2n) is 7.88. The van der Waals surface area contributed by atoms with E-state index in [1.807, 2.05) is 62.4 Å². The molecule has 1 atom stereocenters. The number of carbonyl (C=O) groups is 1. The van der Waals surface area contributed by atoms with Crippen molar-refractivity contribution in [2.24, 2.45) is 0 Å². The highest BCUT2D eigenvalue weighted by molar-refractivity contribution is 7.92. The van der Waals surface area contributed by atoms with E-state index in [-0.39, 0.29) is 5.16 Å². The number of benzene rings is 2. The molecule has 4 rings (SSSR count). The third-order valence-corrected chi connectivity index (χ3v) is 7.60. The number of carbonyl (C=O) groups excluding carboxylic acids is 1. The number of rotatable bonds is 6. The van der Waals surface area contributed by atoms with E-state index in [0.717, 1.165) is 28.8 Å². The molecule has 2 heterocycles. The van der Waals surface area contributed by atoms with Gasteiger partial charge in [-0.3, -0.25) is 9.36 Å². The van der Waals surface area contributed by atoms with Crippen LogP contribution in [-0.2, 0) is 27.6 Å². The van der Waals surface area contributed by atoms with Crippen molar-refractivity contribution < 1.29 is 13.2 Å². The van der Waals surface area contributed by atoms with Crippen molar-refractivity contribution in [1.82, 2.24) is 14.8 Å². The van der Waals surface area contributed by atoms with Crippen molar-refractivity contribution in [3.8, 4) is 11.4 Å². The minimum absolute atomic E-state index is 0.154. The summed E-state index contributed by atoms with van der Waals surface area (Å²) >= 11 is 0. The van der Waals surface area contributed by atoms with Gasteiger partial charge in [0.15, 0.2) is 5.82 Å². The van der Waals surface area contributed by atoms with Crippen LogP contribution in [0.3, 0.4) is 0 Å². The highest BCUT2D eigenvalue weighted by atomic mass is 32.2. The SMILES string of the molecule is CCCn1c(-c2cccc(C)c2)nnc1S(=O)(=O)[C@H](C)C(=O)N1CCc2ccccc21. The third-order valence-electron chi connectivity index (χ3n) is 5.66. The average molecular weight is 439 g/mol. The molecular formula is C23H26N4O3S. The molecule has 1 aromatic heterocycles. The van der Waals surface area contributed by atoms with Crippen molar-refractivity contribution in [2.75, 3.05) is 11.4 Å². The molecule has 3 aromatic rings. The highest BCUT2D eigenvalue weighted by Crippen LogP contribution is 2.30. The van der Waals surface area contributed by atoms with Crippen LogP contribution in [0.5, 0.6) is 0 Å². The Morgan fingerprint density at radius 1 is 1.13 bits per heavy atom. The number of hydrogen-bond acceptors (Lipinski definition) is 5. The fourth-order valence-electron chi connectivity index (χ4n) is 4.00. The minimum atomic E-state index is -4.03. The number of aromatic nitrogens is 3. The van der Waals surface area contributed by atoms with Crippen molar-refractivity contribution in [1.29, 1.82) is 0 Å². The number of anilines is 1. The van der Waals surface area contributed by atoms with E-state index in [1.165, 1.54) is 6.92 Å². The Morgan fingerprint density at radius 2 is 1.90 bits per heavy atom. The van der Waals surface area contributed by atoms with Gasteiger partial charge in [0.25, 0.3) is 5.16 Å². The molecular weight excluding hydrogens is 412 g/mol. The van der Waals surface area contributed by atoms with Gasteiger partial charge in [-0.2, -0.15) is 0 Å². The molecule has 8 heteroatoms. The van der Waals surface area contributed by atoms with Crippen LogP contribution in [0.1, 0.15) is 31.4 Å². The summed E-state index contributed by atoms with van der Waals surface area (Å²) in [7, 11) is -4.03. The Labute approximate surface area is 182 Å². The molecule has 0 aliphatic carbocycles. The summed E-state index contributed by atoms with van der Waals surface area (Å²) in [5.74, 6) is 0.0587. The first-order valence-corrected chi connectivity index (χ1v) is 12.0. The van der Waals surface area contributed by atoms with E-state index < -0.39 is 21.0 Å². The van der Waals surface area contributed by atoms with Crippen LogP contribution in [0.15, 0.2) is 53.7 Å². The maximum atomic E-state index is 13.5. The molecule has 2 aromatic carbocycles. The number of amides is 1. The molecule has 0 radical (unpaired) electrons. The van der Waals surface area contributed by atoms with Gasteiger partial charge in [-0.25, -0.2) is 8.42 Å². The monoisotopic (exact) mass is 438 g/mol. The molecule has 0 spiro atoms. The van der Waals surface area contributed by atoms with Gasteiger partial charge in [-0.1, -0.05) is 48.9 Å². The minimum Gasteiger partial charge on any atom is -0.311 e. The van der Waals surface area contributed by atoms with Crippen LogP contribution < -0.4 is 4.90 Å². The summed E-state index contributed by atoms with van der Waals surface area (Å²) in [5.41, 5.74) is 3.68. The molecule has 162 valence electrons. The Kier molecular flexibility index (Phi) is 5.66. The second-order valence-corrected chi connectivity index (χ2v) is 10.0. The normalized spacial score (nSPS) is 14.5. The number of para-hydroxylation sites is 1. The van der Waals surface area contributed by atoms with Crippen LogP contribution in [0.2, 0.25) is 0 Å². The molecule has 7 nitrogen and oxygen atoms in total. The second kappa shape index (κ2) is 8.26. The number of nitrogens with zero attached hydrogens (tertiary/aromatic N) is 4. The van der Waals surface area contributed by atoms with E-state index in [1.54, 1.807) is 9.47 Å². The number of aryl methyl sites for hydroxylation is 1. The van der Waals surface area contributed by atoms with Crippen LogP contribution in [0, 0.1) is 6.92 Å². The molecule has 0 unspecified atom stereocenters. The Morgan fingerprint density at radius 3 is 2.65 bits per heavy atom. The Balaban J connectivity index is 1.71. The van der Waals surface area contributed by atoms with E-state index >= 15 is 0 Å². The van der Waals surface area contributed by atoms with Crippen LogP contribution in [0.25, 0.3) is 11.4 Å². The number of sulfone groups is 1. The third kappa shape index (κ3) is 3.76. The summed E-state index contributed by atoms with van der Waals surface area (Å²) in [6, 6.07) is 15.3. The topological polar surface area (TPSA) is 85.2 Å². The fourth-order valence-corrected chi connectivity index (χ4v) is 5.35. The van der Waals surface area contributed by atoms with Gasteiger partial charge >= 0.3 is 0 Å². The van der Waals surface area contributed by atoms with E-state index in [0.29, 0.717) is 25.3 Å². The smallest absolute Gasteiger partial charge is 0.250 e. The van der Waals surface area contributed by atoms with Crippen molar-refractivity contribution in [3.63, 3.8) is 0 Å². The van der Waals surface area contributed by atoms with Crippen LogP contribution in [-0.4, -0.2) is 40.9 Å². The molecule has 31 heavy (non-hydrogen) atoms. The Bertz CT molecular complexity index is 1230. The van der Waals surface area contributed by atoms with Crippen molar-refractivity contribution >= 4 is 21.4 Å². The van der Waals surface area contributed by atoms with Gasteiger partial charge in [0.2, 0.25) is 15.7 Å².